The largest absolute Gasteiger partial charge is 0.497 e. The van der Waals surface area contributed by atoms with Gasteiger partial charge in [-0.05, 0) is 36.8 Å². The molecular weight excluding hydrogens is 370 g/mol. The van der Waals surface area contributed by atoms with E-state index in [0.717, 1.165) is 12.1 Å². The van der Waals surface area contributed by atoms with Crippen molar-refractivity contribution in [1.82, 2.24) is 15.1 Å². The van der Waals surface area contributed by atoms with Crippen molar-refractivity contribution in [2.45, 2.75) is 6.42 Å². The molecule has 1 amide bonds. The van der Waals surface area contributed by atoms with E-state index in [1.54, 1.807) is 44.3 Å². The fourth-order valence-electron chi connectivity index (χ4n) is 2.96. The number of aromatic nitrogens is 2. The predicted octanol–water partition coefficient (Wildman–Crippen LogP) is 3.32. The number of nitrogens with one attached hydrogen (secondary N) is 1. The summed E-state index contributed by atoms with van der Waals surface area (Å²) in [7, 11) is 4.82. The summed E-state index contributed by atoms with van der Waals surface area (Å²) in [5.41, 5.74) is 2.52. The van der Waals surface area contributed by atoms with Gasteiger partial charge in [-0.2, -0.15) is 5.10 Å². The lowest BCUT2D eigenvalue weighted by Gasteiger charge is -2.10. The van der Waals surface area contributed by atoms with E-state index in [4.69, 9.17) is 19.3 Å². The number of carbonyl (C=O) groups is 1. The average molecular weight is 395 g/mol. The summed E-state index contributed by atoms with van der Waals surface area (Å²) >= 11 is 0. The Bertz CT molecular complexity index is 954. The van der Waals surface area contributed by atoms with Crippen LogP contribution in [0.4, 0.5) is 0 Å². The van der Waals surface area contributed by atoms with Gasteiger partial charge in [-0.15, -0.1) is 0 Å². The van der Waals surface area contributed by atoms with Gasteiger partial charge in [-0.3, -0.25) is 4.79 Å². The summed E-state index contributed by atoms with van der Waals surface area (Å²) in [5.74, 6) is 1.06. The third kappa shape index (κ3) is 4.75. The van der Waals surface area contributed by atoms with Crippen molar-refractivity contribution in [3.63, 3.8) is 0 Å². The van der Waals surface area contributed by atoms with Crippen molar-refractivity contribution in [1.29, 1.82) is 0 Å². The first-order valence-corrected chi connectivity index (χ1v) is 9.32. The summed E-state index contributed by atoms with van der Waals surface area (Å²) in [4.78, 5) is 12.9. The van der Waals surface area contributed by atoms with E-state index in [1.165, 1.54) is 0 Å². The van der Waals surface area contributed by atoms with E-state index in [0.29, 0.717) is 41.5 Å². The third-order valence-corrected chi connectivity index (χ3v) is 4.45. The van der Waals surface area contributed by atoms with Gasteiger partial charge < -0.3 is 19.5 Å². The van der Waals surface area contributed by atoms with E-state index >= 15 is 0 Å². The van der Waals surface area contributed by atoms with Crippen LogP contribution in [0.3, 0.4) is 0 Å². The fourth-order valence-corrected chi connectivity index (χ4v) is 2.96. The lowest BCUT2D eigenvalue weighted by Crippen LogP contribution is -2.25. The molecule has 1 aromatic heterocycles. The second kappa shape index (κ2) is 9.75. The molecule has 0 aliphatic rings. The molecule has 1 heterocycles. The maximum atomic E-state index is 12.9. The van der Waals surface area contributed by atoms with Crippen LogP contribution in [0.1, 0.15) is 16.8 Å². The Hall–Kier alpha value is -3.32. The van der Waals surface area contributed by atoms with Crippen molar-refractivity contribution in [2.75, 3.05) is 34.5 Å². The SMILES string of the molecule is COCCCNC(=O)c1cn(-c2ccccc2)nc1-c1cc(OC)ccc1OC. The quantitative estimate of drug-likeness (QED) is 0.563. The number of nitrogens with zero attached hydrogens (tertiary/aromatic N) is 2. The third-order valence-electron chi connectivity index (χ3n) is 4.45. The number of benzene rings is 2. The normalized spacial score (nSPS) is 10.6. The maximum Gasteiger partial charge on any atom is 0.255 e. The zero-order chi connectivity index (χ0) is 20.6. The Balaban J connectivity index is 2.05. The molecule has 0 atom stereocenters. The van der Waals surface area contributed by atoms with Crippen LogP contribution in [0.5, 0.6) is 11.5 Å². The van der Waals surface area contributed by atoms with Crippen LogP contribution in [0.15, 0.2) is 54.7 Å². The first-order valence-electron chi connectivity index (χ1n) is 9.32. The fraction of sp³-hybridized carbons (Fsp3) is 0.273. The highest BCUT2D eigenvalue weighted by Crippen LogP contribution is 2.35. The average Bonchev–Trinajstić information content (AvgIpc) is 3.22. The predicted molar refractivity (Wildman–Crippen MR) is 111 cm³/mol. The van der Waals surface area contributed by atoms with Crippen molar-refractivity contribution in [3.05, 3.63) is 60.3 Å². The molecule has 0 saturated carbocycles. The van der Waals surface area contributed by atoms with E-state index in [2.05, 4.69) is 5.32 Å². The Labute approximate surface area is 170 Å². The van der Waals surface area contributed by atoms with Crippen molar-refractivity contribution in [2.24, 2.45) is 0 Å². The topological polar surface area (TPSA) is 74.6 Å². The van der Waals surface area contributed by atoms with Gasteiger partial charge in [-0.1, -0.05) is 18.2 Å². The molecule has 2 aromatic carbocycles. The van der Waals surface area contributed by atoms with Crippen LogP contribution in [-0.2, 0) is 4.74 Å². The van der Waals surface area contributed by atoms with Crippen LogP contribution in [0.25, 0.3) is 16.9 Å². The molecular formula is C22H25N3O4. The molecule has 0 saturated heterocycles. The smallest absolute Gasteiger partial charge is 0.255 e. The molecule has 0 unspecified atom stereocenters. The Morgan fingerprint density at radius 3 is 2.55 bits per heavy atom. The lowest BCUT2D eigenvalue weighted by molar-refractivity contribution is 0.0949. The maximum absolute atomic E-state index is 12.9. The van der Waals surface area contributed by atoms with Crippen LogP contribution >= 0.6 is 0 Å². The second-order valence-corrected chi connectivity index (χ2v) is 6.34. The summed E-state index contributed by atoms with van der Waals surface area (Å²) in [5, 5.41) is 7.63. The molecule has 0 radical (unpaired) electrons. The molecule has 1 N–H and O–H groups in total. The molecule has 3 rings (SSSR count). The molecule has 0 aliphatic heterocycles. The molecule has 3 aromatic rings. The van der Waals surface area contributed by atoms with E-state index < -0.39 is 0 Å². The highest BCUT2D eigenvalue weighted by atomic mass is 16.5. The van der Waals surface area contributed by atoms with Gasteiger partial charge in [0.1, 0.15) is 17.2 Å². The van der Waals surface area contributed by atoms with Gasteiger partial charge in [0.2, 0.25) is 0 Å². The van der Waals surface area contributed by atoms with Gasteiger partial charge in [-0.25, -0.2) is 4.68 Å². The van der Waals surface area contributed by atoms with Crippen LogP contribution in [0.2, 0.25) is 0 Å². The number of para-hydroxylation sites is 1. The van der Waals surface area contributed by atoms with Gasteiger partial charge in [0.25, 0.3) is 5.91 Å². The molecule has 0 aliphatic carbocycles. The number of carbonyl (C=O) groups excluding carboxylic acids is 1. The number of methoxy groups -OCH3 is 3. The van der Waals surface area contributed by atoms with Gasteiger partial charge in [0.15, 0.2) is 0 Å². The molecule has 0 spiro atoms. The Kier molecular flexibility index (Phi) is 6.86. The van der Waals surface area contributed by atoms with E-state index in [-0.39, 0.29) is 5.91 Å². The molecule has 0 fully saturated rings. The van der Waals surface area contributed by atoms with Crippen molar-refractivity contribution in [3.8, 4) is 28.4 Å². The highest BCUT2D eigenvalue weighted by Gasteiger charge is 2.21. The first kappa shape index (κ1) is 20.4. The number of hydrogen-bond donors (Lipinski definition) is 1. The zero-order valence-corrected chi connectivity index (χ0v) is 16.8. The number of rotatable bonds is 9. The standard InChI is InChI=1S/C22H25N3O4/c1-27-13-7-12-23-22(26)19-15-25(16-8-5-4-6-9-16)24-21(19)18-14-17(28-2)10-11-20(18)29-3/h4-6,8-11,14-15H,7,12-13H2,1-3H3,(H,23,26). The Morgan fingerprint density at radius 2 is 1.86 bits per heavy atom. The minimum Gasteiger partial charge on any atom is -0.497 e. The van der Waals surface area contributed by atoms with Gasteiger partial charge in [0, 0.05) is 32.0 Å². The van der Waals surface area contributed by atoms with Gasteiger partial charge in [0.05, 0.1) is 25.5 Å². The molecule has 7 heteroatoms. The highest BCUT2D eigenvalue weighted by molar-refractivity contribution is 6.00. The van der Waals surface area contributed by atoms with Gasteiger partial charge >= 0.3 is 0 Å². The number of amides is 1. The van der Waals surface area contributed by atoms with Crippen molar-refractivity contribution >= 4 is 5.91 Å². The first-order chi connectivity index (χ1) is 14.2. The Morgan fingerprint density at radius 1 is 1.07 bits per heavy atom. The molecule has 29 heavy (non-hydrogen) atoms. The van der Waals surface area contributed by atoms with Crippen LogP contribution < -0.4 is 14.8 Å². The number of ether oxygens (including phenoxy) is 3. The van der Waals surface area contributed by atoms with E-state index in [1.807, 2.05) is 36.4 Å². The second-order valence-electron chi connectivity index (χ2n) is 6.34. The summed E-state index contributed by atoms with van der Waals surface area (Å²) in [6.45, 7) is 1.10. The van der Waals surface area contributed by atoms with Crippen LogP contribution in [-0.4, -0.2) is 50.2 Å². The number of hydrogen-bond acceptors (Lipinski definition) is 5. The molecule has 7 nitrogen and oxygen atoms in total. The summed E-state index contributed by atoms with van der Waals surface area (Å²) in [6.07, 6.45) is 2.46. The monoisotopic (exact) mass is 395 g/mol. The summed E-state index contributed by atoms with van der Waals surface area (Å²) in [6, 6.07) is 15.1. The lowest BCUT2D eigenvalue weighted by atomic mass is 10.1. The molecule has 152 valence electrons. The van der Waals surface area contributed by atoms with Crippen molar-refractivity contribution < 1.29 is 19.0 Å². The van der Waals surface area contributed by atoms with E-state index in [9.17, 15) is 4.79 Å². The zero-order valence-electron chi connectivity index (χ0n) is 16.8. The minimum absolute atomic E-state index is 0.205. The minimum atomic E-state index is -0.205. The van der Waals surface area contributed by atoms with Crippen LogP contribution in [0, 0.1) is 0 Å². The summed E-state index contributed by atoms with van der Waals surface area (Å²) < 4.78 is 17.6. The molecule has 0 bridgehead atoms.